The molecule has 2 aromatic rings. The van der Waals surface area contributed by atoms with E-state index in [4.69, 9.17) is 26.1 Å². The van der Waals surface area contributed by atoms with Gasteiger partial charge in [-0.05, 0) is 119 Å². The number of aromatic nitrogens is 1. The first kappa shape index (κ1) is 33.6. The number of allylic oxidation sites excluding steroid dienone is 1. The second-order valence-electron chi connectivity index (χ2n) is 14.0. The van der Waals surface area contributed by atoms with Crippen molar-refractivity contribution in [3.8, 4) is 11.8 Å². The Morgan fingerprint density at radius 1 is 1.07 bits per heavy atom. The second kappa shape index (κ2) is 15.2. The largest absolute Gasteiger partial charge is 0.446 e. The molecular formula is C39H51ClN2O3. The first-order valence-corrected chi connectivity index (χ1v) is 17.4. The molecule has 0 radical (unpaired) electrons. The van der Waals surface area contributed by atoms with E-state index in [0.29, 0.717) is 11.8 Å². The van der Waals surface area contributed by atoms with Crippen LogP contribution in [0.15, 0.2) is 54.2 Å². The lowest BCUT2D eigenvalue weighted by molar-refractivity contribution is -0.000601. The van der Waals surface area contributed by atoms with Gasteiger partial charge in [0.1, 0.15) is 6.10 Å². The standard InChI is InChI=1S/C39H51ClN2O3/c1-6-7-28-9-19-37(41-26-28)39(3)22-20-30(21-23-39)27(2)24-29-8-18-35(31-10-12-32(40)13-11-31)36(25-29)42(4)38(43)45-34-16-14-33(44-5)15-17-34/h8-13,19,26-27,30,33-36H,14-18,20-25H2,1-5H3. The number of amides is 1. The van der Waals surface area contributed by atoms with Crippen molar-refractivity contribution in [1.29, 1.82) is 0 Å². The van der Waals surface area contributed by atoms with Crippen LogP contribution in [-0.2, 0) is 14.9 Å². The Labute approximate surface area is 276 Å². The third-order valence-electron chi connectivity index (χ3n) is 11.1. The molecule has 5 rings (SSSR count). The van der Waals surface area contributed by atoms with Gasteiger partial charge in [-0.15, -0.1) is 5.92 Å². The Bertz CT molecular complexity index is 1360. The average Bonchev–Trinajstić information content (AvgIpc) is 3.06. The molecule has 1 amide bonds. The maximum absolute atomic E-state index is 13.5. The van der Waals surface area contributed by atoms with E-state index < -0.39 is 0 Å². The molecule has 0 aliphatic heterocycles. The molecule has 0 N–H and O–H groups in total. The molecule has 3 unspecified atom stereocenters. The van der Waals surface area contributed by atoms with Crippen molar-refractivity contribution in [3.05, 3.63) is 76.1 Å². The van der Waals surface area contributed by atoms with E-state index in [0.717, 1.165) is 68.4 Å². The van der Waals surface area contributed by atoms with Gasteiger partial charge in [0.15, 0.2) is 0 Å². The molecule has 45 heavy (non-hydrogen) atoms. The number of benzene rings is 1. The molecule has 3 atom stereocenters. The summed E-state index contributed by atoms with van der Waals surface area (Å²) < 4.78 is 11.6. The molecular weight excluding hydrogens is 580 g/mol. The molecule has 0 bridgehead atoms. The summed E-state index contributed by atoms with van der Waals surface area (Å²) in [7, 11) is 3.70. The monoisotopic (exact) mass is 630 g/mol. The Morgan fingerprint density at radius 2 is 1.76 bits per heavy atom. The first-order chi connectivity index (χ1) is 21.7. The Hall–Kier alpha value is -2.81. The smallest absolute Gasteiger partial charge is 0.410 e. The van der Waals surface area contributed by atoms with Gasteiger partial charge in [-0.1, -0.05) is 55.2 Å². The quantitative estimate of drug-likeness (QED) is 0.215. The predicted octanol–water partition coefficient (Wildman–Crippen LogP) is 9.48. The number of halogens is 1. The number of ether oxygens (including phenoxy) is 2. The normalized spacial score (nSPS) is 29.1. The van der Waals surface area contributed by atoms with E-state index in [1.807, 2.05) is 37.2 Å². The van der Waals surface area contributed by atoms with Crippen molar-refractivity contribution in [1.82, 2.24) is 9.88 Å². The van der Waals surface area contributed by atoms with Gasteiger partial charge >= 0.3 is 6.09 Å². The minimum atomic E-state index is -0.205. The molecule has 3 aliphatic carbocycles. The van der Waals surface area contributed by atoms with Crippen LogP contribution in [0.5, 0.6) is 0 Å². The molecule has 0 saturated heterocycles. The highest BCUT2D eigenvalue weighted by molar-refractivity contribution is 6.30. The predicted molar refractivity (Wildman–Crippen MR) is 182 cm³/mol. The summed E-state index contributed by atoms with van der Waals surface area (Å²) in [5, 5.41) is 0.734. The number of methoxy groups -OCH3 is 1. The zero-order chi connectivity index (χ0) is 32.0. The van der Waals surface area contributed by atoms with E-state index in [9.17, 15) is 4.79 Å². The fourth-order valence-corrected chi connectivity index (χ4v) is 8.11. The maximum Gasteiger partial charge on any atom is 0.410 e. The van der Waals surface area contributed by atoms with Crippen LogP contribution in [0.1, 0.15) is 114 Å². The van der Waals surface area contributed by atoms with E-state index in [-0.39, 0.29) is 35.7 Å². The lowest BCUT2D eigenvalue weighted by atomic mass is 9.66. The fourth-order valence-electron chi connectivity index (χ4n) is 7.99. The highest BCUT2D eigenvalue weighted by Crippen LogP contribution is 2.45. The first-order valence-electron chi connectivity index (χ1n) is 17.0. The Kier molecular flexibility index (Phi) is 11.3. The van der Waals surface area contributed by atoms with Crippen LogP contribution in [0.2, 0.25) is 5.02 Å². The maximum atomic E-state index is 13.5. The lowest BCUT2D eigenvalue weighted by Crippen LogP contribution is -2.44. The SMILES string of the molecule is CC#Cc1ccc(C2(C)CCC(C(C)CC3=CCC(c4ccc(Cl)cc4)C(N(C)C(=O)OC4CCC(OC)CC4)C3)CC2)nc1. The van der Waals surface area contributed by atoms with Crippen molar-refractivity contribution in [3.63, 3.8) is 0 Å². The van der Waals surface area contributed by atoms with Gasteiger partial charge in [-0.3, -0.25) is 4.98 Å². The molecule has 1 aromatic heterocycles. The van der Waals surface area contributed by atoms with Crippen LogP contribution < -0.4 is 0 Å². The van der Waals surface area contributed by atoms with Crippen LogP contribution in [0.4, 0.5) is 4.79 Å². The van der Waals surface area contributed by atoms with Gasteiger partial charge in [-0.25, -0.2) is 4.79 Å². The van der Waals surface area contributed by atoms with Gasteiger partial charge in [0.25, 0.3) is 0 Å². The van der Waals surface area contributed by atoms with Gasteiger partial charge in [0.05, 0.1) is 6.10 Å². The molecule has 3 aliphatic rings. The highest BCUT2D eigenvalue weighted by Gasteiger charge is 2.38. The topological polar surface area (TPSA) is 51.7 Å². The van der Waals surface area contributed by atoms with E-state index >= 15 is 0 Å². The van der Waals surface area contributed by atoms with Crippen LogP contribution in [-0.4, -0.2) is 48.4 Å². The van der Waals surface area contributed by atoms with Crippen LogP contribution in [0.3, 0.4) is 0 Å². The Morgan fingerprint density at radius 3 is 2.38 bits per heavy atom. The summed E-state index contributed by atoms with van der Waals surface area (Å²) in [4.78, 5) is 20.2. The summed E-state index contributed by atoms with van der Waals surface area (Å²) in [6, 6.07) is 12.5. The van der Waals surface area contributed by atoms with Crippen molar-refractivity contribution < 1.29 is 14.3 Å². The number of carbonyl (C=O) groups is 1. The summed E-state index contributed by atoms with van der Waals surface area (Å²) in [6.45, 7) is 6.67. The summed E-state index contributed by atoms with van der Waals surface area (Å²) in [5.41, 5.74) is 5.01. The number of likely N-dealkylation sites (N-methyl/N-ethyl adjacent to an activating group) is 1. The lowest BCUT2D eigenvalue weighted by Gasteiger charge is -2.41. The van der Waals surface area contributed by atoms with Gasteiger partial charge in [-0.2, -0.15) is 0 Å². The average molecular weight is 631 g/mol. The van der Waals surface area contributed by atoms with Crippen molar-refractivity contribution in [2.75, 3.05) is 14.2 Å². The van der Waals surface area contributed by atoms with Crippen LogP contribution >= 0.6 is 11.6 Å². The minimum absolute atomic E-state index is 0.0332. The van der Waals surface area contributed by atoms with Crippen molar-refractivity contribution >= 4 is 17.7 Å². The van der Waals surface area contributed by atoms with Crippen LogP contribution in [0.25, 0.3) is 0 Å². The zero-order valence-corrected chi connectivity index (χ0v) is 28.6. The van der Waals surface area contributed by atoms with Crippen molar-refractivity contribution in [2.45, 2.75) is 121 Å². The number of rotatable bonds is 8. The third kappa shape index (κ3) is 8.32. The zero-order valence-electron chi connectivity index (χ0n) is 27.9. The van der Waals surface area contributed by atoms with E-state index in [1.165, 1.54) is 29.7 Å². The molecule has 5 nitrogen and oxygen atoms in total. The Balaban J connectivity index is 1.22. The summed E-state index contributed by atoms with van der Waals surface area (Å²) in [5.74, 6) is 7.57. The highest BCUT2D eigenvalue weighted by atomic mass is 35.5. The molecule has 2 fully saturated rings. The van der Waals surface area contributed by atoms with Crippen LogP contribution in [0, 0.1) is 23.7 Å². The fraction of sp³-hybridized carbons (Fsp3) is 0.590. The number of pyridine rings is 1. The van der Waals surface area contributed by atoms with Gasteiger partial charge in [0, 0.05) is 54.0 Å². The minimum Gasteiger partial charge on any atom is -0.446 e. The van der Waals surface area contributed by atoms with E-state index in [1.54, 1.807) is 7.11 Å². The molecule has 0 spiro atoms. The number of carbonyl (C=O) groups excluding carboxylic acids is 1. The van der Waals surface area contributed by atoms with Gasteiger partial charge < -0.3 is 14.4 Å². The molecule has 1 heterocycles. The third-order valence-corrected chi connectivity index (χ3v) is 11.3. The second-order valence-corrected chi connectivity index (χ2v) is 14.5. The molecule has 1 aromatic carbocycles. The summed E-state index contributed by atoms with van der Waals surface area (Å²) in [6.07, 6.45) is 15.7. The molecule has 242 valence electrons. The molecule has 2 saturated carbocycles. The van der Waals surface area contributed by atoms with Gasteiger partial charge in [0.2, 0.25) is 0 Å². The number of hydrogen-bond donors (Lipinski definition) is 0. The number of nitrogens with zero attached hydrogens (tertiary/aromatic N) is 2. The number of hydrogen-bond acceptors (Lipinski definition) is 4. The summed E-state index contributed by atoms with van der Waals surface area (Å²) >= 11 is 6.24. The van der Waals surface area contributed by atoms with Crippen molar-refractivity contribution in [2.24, 2.45) is 11.8 Å². The molecule has 6 heteroatoms. The van der Waals surface area contributed by atoms with E-state index in [2.05, 4.69) is 56.0 Å².